The highest BCUT2D eigenvalue weighted by molar-refractivity contribution is 5.95. The van der Waals surface area contributed by atoms with Crippen LogP contribution in [0, 0.1) is 5.41 Å². The molecule has 0 radical (unpaired) electrons. The van der Waals surface area contributed by atoms with E-state index in [-0.39, 0.29) is 30.2 Å². The van der Waals surface area contributed by atoms with Crippen molar-refractivity contribution in [2.75, 3.05) is 31.7 Å². The first-order valence-corrected chi connectivity index (χ1v) is 11.4. The Labute approximate surface area is 204 Å². The molecule has 5 N–H and O–H groups in total. The predicted octanol–water partition coefficient (Wildman–Crippen LogP) is 3.51. The summed E-state index contributed by atoms with van der Waals surface area (Å²) >= 11 is 0. The monoisotopic (exact) mass is 487 g/mol. The third-order valence-corrected chi connectivity index (χ3v) is 5.21. The van der Waals surface area contributed by atoms with E-state index >= 15 is 0 Å². The maximum Gasteiger partial charge on any atom is 0.344 e. The molecule has 2 rings (SSSR count). The van der Waals surface area contributed by atoms with Gasteiger partial charge >= 0.3 is 11.9 Å². The lowest BCUT2D eigenvalue weighted by Gasteiger charge is -2.33. The molecule has 10 heteroatoms. The molecular formula is C25H33N3O7. The minimum Gasteiger partial charge on any atom is -0.490 e. The minimum atomic E-state index is -1.65. The summed E-state index contributed by atoms with van der Waals surface area (Å²) < 4.78 is 22.1. The quantitative estimate of drug-likeness (QED) is 0.178. The van der Waals surface area contributed by atoms with E-state index in [1.54, 1.807) is 51.1 Å². The van der Waals surface area contributed by atoms with Gasteiger partial charge in [-0.1, -0.05) is 6.92 Å². The molecule has 1 atom stereocenters. The second-order valence-electron chi connectivity index (χ2n) is 7.43. The van der Waals surface area contributed by atoms with Crippen LogP contribution < -0.4 is 25.3 Å². The Kier molecular flexibility index (Phi) is 9.74. The normalized spacial score (nSPS) is 12.2. The molecule has 0 spiro atoms. The van der Waals surface area contributed by atoms with Crippen LogP contribution in [0.4, 0.5) is 5.69 Å². The highest BCUT2D eigenvalue weighted by Gasteiger charge is 2.42. The highest BCUT2D eigenvalue weighted by Crippen LogP contribution is 2.43. The summed E-state index contributed by atoms with van der Waals surface area (Å²) in [5.41, 5.74) is 5.12. The number of hydrogen-bond acceptors (Lipinski definition) is 8. The number of esters is 1. The van der Waals surface area contributed by atoms with Crippen LogP contribution in [0.25, 0.3) is 0 Å². The standard InChI is InChI=1S/C25H33N3O7/c1-5-25(24(30)31,28-17-11-9-16(10-12-17)23(26)27)18-13-20(32-6-2)21(33-7-3)14-19(18)35-15-22(29)34-8-4/h9-14,28H,5-8,15H2,1-4H3,(H3,26,27)(H,30,31). The number of hydrogen-bond donors (Lipinski definition) is 4. The van der Waals surface area contributed by atoms with E-state index in [9.17, 15) is 14.7 Å². The number of carbonyl (C=O) groups is 2. The number of aliphatic carboxylic acids is 1. The number of carbonyl (C=O) groups excluding carboxylic acids is 1. The number of nitrogen functional groups attached to an aromatic ring is 1. The van der Waals surface area contributed by atoms with Crippen LogP contribution in [0.15, 0.2) is 36.4 Å². The Balaban J connectivity index is 2.66. The number of amidine groups is 1. The lowest BCUT2D eigenvalue weighted by molar-refractivity contribution is -0.145. The van der Waals surface area contributed by atoms with Gasteiger partial charge < -0.3 is 35.1 Å². The second-order valence-corrected chi connectivity index (χ2v) is 7.43. The van der Waals surface area contributed by atoms with Crippen LogP contribution in [0.5, 0.6) is 17.2 Å². The van der Waals surface area contributed by atoms with Crippen molar-refractivity contribution in [1.82, 2.24) is 0 Å². The Morgan fingerprint density at radius 3 is 2.03 bits per heavy atom. The molecule has 0 saturated carbocycles. The fraction of sp³-hybridized carbons (Fsp3) is 0.400. The van der Waals surface area contributed by atoms with Gasteiger partial charge in [0.15, 0.2) is 23.6 Å². The van der Waals surface area contributed by atoms with Gasteiger partial charge in [-0.05, 0) is 57.5 Å². The first-order valence-electron chi connectivity index (χ1n) is 11.4. The molecule has 2 aromatic rings. The Hall–Kier alpha value is -3.95. The van der Waals surface area contributed by atoms with Gasteiger partial charge in [0.05, 0.1) is 19.8 Å². The number of benzene rings is 2. The van der Waals surface area contributed by atoms with E-state index in [0.29, 0.717) is 36.0 Å². The SMILES string of the molecule is CCOC(=O)COc1cc(OCC)c(OCC)cc1C(CC)(Nc1ccc(C(=N)N)cc1)C(=O)O. The molecule has 0 amide bonds. The Bertz CT molecular complexity index is 1040. The predicted molar refractivity (Wildman–Crippen MR) is 132 cm³/mol. The molecule has 0 bridgehead atoms. The van der Waals surface area contributed by atoms with E-state index in [1.807, 2.05) is 6.92 Å². The first kappa shape index (κ1) is 27.3. The smallest absolute Gasteiger partial charge is 0.344 e. The molecule has 2 aromatic carbocycles. The van der Waals surface area contributed by atoms with E-state index in [2.05, 4.69) is 5.32 Å². The van der Waals surface area contributed by atoms with Crippen molar-refractivity contribution in [3.05, 3.63) is 47.5 Å². The lowest BCUT2D eigenvalue weighted by atomic mass is 9.85. The zero-order valence-corrected chi connectivity index (χ0v) is 20.5. The van der Waals surface area contributed by atoms with E-state index < -0.39 is 24.1 Å². The Morgan fingerprint density at radius 1 is 0.943 bits per heavy atom. The van der Waals surface area contributed by atoms with Crippen LogP contribution in [0.1, 0.15) is 45.2 Å². The van der Waals surface area contributed by atoms with Crippen molar-refractivity contribution < 1.29 is 33.6 Å². The van der Waals surface area contributed by atoms with Crippen LogP contribution >= 0.6 is 0 Å². The maximum atomic E-state index is 12.8. The third-order valence-electron chi connectivity index (χ3n) is 5.21. The average Bonchev–Trinajstić information content (AvgIpc) is 2.83. The number of anilines is 1. The van der Waals surface area contributed by atoms with Gasteiger partial charge in [0.25, 0.3) is 0 Å². The third kappa shape index (κ3) is 6.56. The number of ether oxygens (including phenoxy) is 4. The summed E-state index contributed by atoms with van der Waals surface area (Å²) in [5.74, 6) is -1.00. The summed E-state index contributed by atoms with van der Waals surface area (Å²) in [4.78, 5) is 24.7. The molecule has 0 aliphatic heterocycles. The van der Waals surface area contributed by atoms with Gasteiger partial charge in [-0.3, -0.25) is 5.41 Å². The first-order chi connectivity index (χ1) is 16.7. The summed E-state index contributed by atoms with van der Waals surface area (Å²) in [6.45, 7) is 7.46. The molecule has 190 valence electrons. The van der Waals surface area contributed by atoms with Crippen molar-refractivity contribution in [3.63, 3.8) is 0 Å². The lowest BCUT2D eigenvalue weighted by Crippen LogP contribution is -2.43. The minimum absolute atomic E-state index is 0.0981. The van der Waals surface area contributed by atoms with Crippen LogP contribution in [0.3, 0.4) is 0 Å². The molecule has 0 heterocycles. The molecule has 0 aliphatic rings. The fourth-order valence-corrected chi connectivity index (χ4v) is 3.52. The van der Waals surface area contributed by atoms with Crippen LogP contribution in [-0.4, -0.2) is 49.3 Å². The number of rotatable bonds is 14. The number of carboxylic acid groups (broad SMARTS) is 1. The second kappa shape index (κ2) is 12.5. The highest BCUT2D eigenvalue weighted by atomic mass is 16.6. The molecule has 0 aliphatic carbocycles. The summed E-state index contributed by atoms with van der Waals surface area (Å²) in [6.07, 6.45) is 0.117. The maximum absolute atomic E-state index is 12.8. The molecule has 1 unspecified atom stereocenters. The van der Waals surface area contributed by atoms with Crippen molar-refractivity contribution in [2.24, 2.45) is 5.73 Å². The Morgan fingerprint density at radius 2 is 1.54 bits per heavy atom. The van der Waals surface area contributed by atoms with Gasteiger partial charge in [0.2, 0.25) is 0 Å². The zero-order chi connectivity index (χ0) is 26.0. The molecule has 0 saturated heterocycles. The zero-order valence-electron chi connectivity index (χ0n) is 20.5. The summed E-state index contributed by atoms with van der Waals surface area (Å²) in [6, 6.07) is 9.60. The van der Waals surface area contributed by atoms with Gasteiger partial charge in [-0.25, -0.2) is 9.59 Å². The molecule has 0 aromatic heterocycles. The average molecular weight is 488 g/mol. The molecule has 0 fully saturated rings. The fourth-order valence-electron chi connectivity index (χ4n) is 3.52. The van der Waals surface area contributed by atoms with Gasteiger partial charge in [0.1, 0.15) is 11.6 Å². The number of nitrogens with two attached hydrogens (primary N) is 1. The van der Waals surface area contributed by atoms with E-state index in [4.69, 9.17) is 30.1 Å². The topological polar surface area (TPSA) is 153 Å². The number of nitrogens with one attached hydrogen (secondary N) is 2. The van der Waals surface area contributed by atoms with E-state index in [0.717, 1.165) is 0 Å². The van der Waals surface area contributed by atoms with Crippen molar-refractivity contribution >= 4 is 23.5 Å². The summed E-state index contributed by atoms with van der Waals surface area (Å²) in [5, 5.41) is 21.1. The molecular weight excluding hydrogens is 454 g/mol. The van der Waals surface area contributed by atoms with E-state index in [1.165, 1.54) is 6.07 Å². The molecule has 10 nitrogen and oxygen atoms in total. The number of carboxylic acids is 1. The van der Waals surface area contributed by atoms with Gasteiger partial charge in [-0.2, -0.15) is 0 Å². The van der Waals surface area contributed by atoms with Gasteiger partial charge in [0, 0.05) is 22.9 Å². The van der Waals surface area contributed by atoms with Crippen molar-refractivity contribution in [1.29, 1.82) is 5.41 Å². The van der Waals surface area contributed by atoms with Gasteiger partial charge in [-0.15, -0.1) is 0 Å². The van der Waals surface area contributed by atoms with Crippen molar-refractivity contribution in [3.8, 4) is 17.2 Å². The molecule has 35 heavy (non-hydrogen) atoms. The van der Waals surface area contributed by atoms with Crippen molar-refractivity contribution in [2.45, 2.75) is 39.7 Å². The summed E-state index contributed by atoms with van der Waals surface area (Å²) in [7, 11) is 0. The largest absolute Gasteiger partial charge is 0.490 e. The van der Waals surface area contributed by atoms with Crippen LogP contribution in [-0.2, 0) is 19.9 Å². The van der Waals surface area contributed by atoms with Crippen LogP contribution in [0.2, 0.25) is 0 Å².